The molecule has 202 valence electrons. The third kappa shape index (κ3) is 4.90. The lowest BCUT2D eigenvalue weighted by Gasteiger charge is -2.31. The first kappa shape index (κ1) is 26.6. The van der Waals surface area contributed by atoms with Crippen LogP contribution in [0.2, 0.25) is 0 Å². The molecule has 1 N–H and O–H groups in total. The topological polar surface area (TPSA) is 108 Å². The lowest BCUT2D eigenvalue weighted by molar-refractivity contribution is 0.113. The fourth-order valence-corrected chi connectivity index (χ4v) is 4.75. The molecule has 9 heteroatoms. The quantitative estimate of drug-likeness (QED) is 0.308. The van der Waals surface area contributed by atoms with Crippen molar-refractivity contribution in [1.82, 2.24) is 19.6 Å². The van der Waals surface area contributed by atoms with Crippen molar-refractivity contribution in [3.8, 4) is 11.5 Å². The van der Waals surface area contributed by atoms with Gasteiger partial charge in [0, 0.05) is 0 Å². The number of nitrogens with zero attached hydrogens (tertiary/aromatic N) is 4. The number of aromatic nitrogens is 4. The maximum absolute atomic E-state index is 14.1. The van der Waals surface area contributed by atoms with Crippen LogP contribution < -0.4 is 20.6 Å². The molecule has 0 aliphatic heterocycles. The van der Waals surface area contributed by atoms with Crippen LogP contribution in [0.1, 0.15) is 27.8 Å². The van der Waals surface area contributed by atoms with Crippen molar-refractivity contribution in [2.24, 2.45) is 0 Å². The van der Waals surface area contributed by atoms with Gasteiger partial charge in [-0.2, -0.15) is 10.2 Å². The minimum atomic E-state index is -2.28. The number of ether oxygens (including phenoxy) is 2. The van der Waals surface area contributed by atoms with Gasteiger partial charge < -0.3 is 14.6 Å². The molecule has 40 heavy (non-hydrogen) atoms. The zero-order chi connectivity index (χ0) is 28.1. The molecule has 0 atom stereocenters. The van der Waals surface area contributed by atoms with Crippen LogP contribution in [0.5, 0.6) is 11.5 Å². The van der Waals surface area contributed by atoms with Gasteiger partial charge in [-0.3, -0.25) is 9.59 Å². The average molecular weight is 537 g/mol. The molecular formula is C31H28N4O5. The molecule has 0 aliphatic rings. The predicted molar refractivity (Wildman–Crippen MR) is 150 cm³/mol. The molecule has 0 bridgehead atoms. The Morgan fingerprint density at radius 3 is 1.40 bits per heavy atom. The van der Waals surface area contributed by atoms with Crippen molar-refractivity contribution in [2.45, 2.75) is 18.7 Å². The number of hydrogen-bond acceptors (Lipinski definition) is 7. The van der Waals surface area contributed by atoms with E-state index in [1.54, 1.807) is 30.3 Å². The van der Waals surface area contributed by atoms with E-state index in [0.717, 1.165) is 11.1 Å². The Kier molecular flexibility index (Phi) is 7.56. The van der Waals surface area contributed by atoms with Crippen molar-refractivity contribution >= 4 is 0 Å². The smallest absolute Gasteiger partial charge is 0.277 e. The van der Waals surface area contributed by atoms with E-state index in [1.807, 2.05) is 60.7 Å². The fourth-order valence-electron chi connectivity index (χ4n) is 4.75. The van der Waals surface area contributed by atoms with Gasteiger partial charge in [-0.15, -0.1) is 0 Å². The minimum Gasteiger partial charge on any atom is -0.494 e. The van der Waals surface area contributed by atoms with Gasteiger partial charge in [-0.25, -0.2) is 9.36 Å². The monoisotopic (exact) mass is 536 g/mol. The van der Waals surface area contributed by atoms with Gasteiger partial charge in [-0.1, -0.05) is 91.0 Å². The van der Waals surface area contributed by atoms with Crippen molar-refractivity contribution in [3.63, 3.8) is 0 Å². The number of rotatable bonds is 9. The SMILES string of the molecule is COc1cnn(Cc2ccccc2)c(=O)c1C(O)(c1ccccc1)c1c(OC)cnn(Cc2ccccc2)c1=O. The van der Waals surface area contributed by atoms with Crippen LogP contribution in [0.25, 0.3) is 0 Å². The highest BCUT2D eigenvalue weighted by Crippen LogP contribution is 2.41. The van der Waals surface area contributed by atoms with E-state index in [-0.39, 0.29) is 41.3 Å². The molecule has 0 radical (unpaired) electrons. The second-order valence-corrected chi connectivity index (χ2v) is 9.15. The summed E-state index contributed by atoms with van der Waals surface area (Å²) in [6.07, 6.45) is 2.73. The van der Waals surface area contributed by atoms with E-state index in [9.17, 15) is 14.7 Å². The molecule has 0 spiro atoms. The lowest BCUT2D eigenvalue weighted by atomic mass is 9.80. The van der Waals surface area contributed by atoms with Gasteiger partial charge in [0.1, 0.15) is 11.1 Å². The molecule has 0 aliphatic carbocycles. The molecule has 0 unspecified atom stereocenters. The van der Waals surface area contributed by atoms with Crippen LogP contribution in [0.15, 0.2) is 113 Å². The third-order valence-electron chi connectivity index (χ3n) is 6.72. The Bertz CT molecular complexity index is 1610. The maximum Gasteiger partial charge on any atom is 0.277 e. The van der Waals surface area contributed by atoms with Crippen LogP contribution in [-0.2, 0) is 18.7 Å². The first-order valence-corrected chi connectivity index (χ1v) is 12.6. The molecule has 2 heterocycles. The molecule has 3 aromatic carbocycles. The van der Waals surface area contributed by atoms with Crippen molar-refractivity contribution in [3.05, 3.63) is 152 Å². The molecule has 0 saturated carbocycles. The zero-order valence-electron chi connectivity index (χ0n) is 22.1. The molecule has 2 aromatic heterocycles. The Hall–Kier alpha value is -5.02. The summed E-state index contributed by atoms with van der Waals surface area (Å²) >= 11 is 0. The first-order valence-electron chi connectivity index (χ1n) is 12.6. The van der Waals surface area contributed by atoms with Crippen molar-refractivity contribution < 1.29 is 14.6 Å². The highest BCUT2D eigenvalue weighted by molar-refractivity contribution is 5.54. The van der Waals surface area contributed by atoms with Gasteiger partial charge in [0.25, 0.3) is 11.1 Å². The second kappa shape index (κ2) is 11.4. The predicted octanol–water partition coefficient (Wildman–Crippen LogP) is 3.20. The minimum absolute atomic E-state index is 0.0218. The maximum atomic E-state index is 14.1. The molecule has 0 saturated heterocycles. The van der Waals surface area contributed by atoms with E-state index in [2.05, 4.69) is 10.2 Å². The summed E-state index contributed by atoms with van der Waals surface area (Å²) in [6, 6.07) is 27.2. The van der Waals surface area contributed by atoms with Gasteiger partial charge >= 0.3 is 0 Å². The summed E-state index contributed by atoms with van der Waals surface area (Å²) in [5.41, 5.74) is -1.92. The van der Waals surface area contributed by atoms with E-state index in [1.165, 1.54) is 36.0 Å². The Morgan fingerprint density at radius 1 is 0.650 bits per heavy atom. The van der Waals surface area contributed by atoms with E-state index in [0.29, 0.717) is 0 Å². The summed E-state index contributed by atoms with van der Waals surface area (Å²) in [5, 5.41) is 21.3. The highest BCUT2D eigenvalue weighted by Gasteiger charge is 2.45. The van der Waals surface area contributed by atoms with Crippen LogP contribution in [-0.4, -0.2) is 38.9 Å². The summed E-state index contributed by atoms with van der Waals surface area (Å²) in [6.45, 7) is 0.292. The van der Waals surface area contributed by atoms with Crippen LogP contribution in [0, 0.1) is 0 Å². The normalized spacial score (nSPS) is 11.3. The molecule has 0 fully saturated rings. The zero-order valence-corrected chi connectivity index (χ0v) is 22.1. The van der Waals surface area contributed by atoms with E-state index in [4.69, 9.17) is 9.47 Å². The summed E-state index contributed by atoms with van der Waals surface area (Å²) in [4.78, 5) is 28.3. The van der Waals surface area contributed by atoms with E-state index < -0.39 is 16.7 Å². The Labute approximate surface area is 230 Å². The Morgan fingerprint density at radius 2 is 1.02 bits per heavy atom. The fraction of sp³-hybridized carbons (Fsp3) is 0.161. The third-order valence-corrected chi connectivity index (χ3v) is 6.72. The molecule has 5 aromatic rings. The lowest BCUT2D eigenvalue weighted by Crippen LogP contribution is -2.44. The van der Waals surface area contributed by atoms with Gasteiger partial charge in [0.15, 0.2) is 17.1 Å². The van der Waals surface area contributed by atoms with E-state index >= 15 is 0 Å². The molecule has 5 rings (SSSR count). The Balaban J connectivity index is 1.80. The van der Waals surface area contributed by atoms with Crippen molar-refractivity contribution in [1.29, 1.82) is 0 Å². The first-order chi connectivity index (χ1) is 19.5. The molecule has 0 amide bonds. The summed E-state index contributed by atoms with van der Waals surface area (Å²) in [5.74, 6) is 0.0436. The standard InChI is InChI=1S/C31H28N4O5/c1-39-25-18-32-34(20-22-12-6-3-7-13-22)29(36)27(25)31(38,24-16-10-5-11-17-24)28-26(40-2)19-33-35(30(28)37)21-23-14-8-4-9-15-23/h3-19,38H,20-21H2,1-2H3. The number of hydrogen-bond donors (Lipinski definition) is 1. The van der Waals surface area contributed by atoms with Crippen LogP contribution in [0.4, 0.5) is 0 Å². The number of methoxy groups -OCH3 is 2. The second-order valence-electron chi connectivity index (χ2n) is 9.15. The number of benzene rings is 3. The molecule has 9 nitrogen and oxygen atoms in total. The van der Waals surface area contributed by atoms with Gasteiger partial charge in [-0.05, 0) is 16.7 Å². The van der Waals surface area contributed by atoms with Crippen LogP contribution in [0.3, 0.4) is 0 Å². The van der Waals surface area contributed by atoms with Gasteiger partial charge in [0.05, 0.1) is 39.7 Å². The van der Waals surface area contributed by atoms with Crippen LogP contribution >= 0.6 is 0 Å². The number of aliphatic hydroxyl groups is 1. The largest absolute Gasteiger partial charge is 0.494 e. The summed E-state index contributed by atoms with van der Waals surface area (Å²) < 4.78 is 13.6. The summed E-state index contributed by atoms with van der Waals surface area (Å²) in [7, 11) is 2.76. The van der Waals surface area contributed by atoms with Crippen molar-refractivity contribution in [2.75, 3.05) is 14.2 Å². The van der Waals surface area contributed by atoms with Gasteiger partial charge in [0.2, 0.25) is 0 Å². The highest BCUT2D eigenvalue weighted by atomic mass is 16.5. The molecular weight excluding hydrogens is 508 g/mol. The average Bonchev–Trinajstić information content (AvgIpc) is 3.00.